The lowest BCUT2D eigenvalue weighted by Crippen LogP contribution is -1.52. The summed E-state index contributed by atoms with van der Waals surface area (Å²) in [7, 11) is 0. The Bertz CT molecular complexity index is 6.85. The summed E-state index contributed by atoms with van der Waals surface area (Å²) in [6, 6.07) is 0. The first-order valence-electron chi connectivity index (χ1n) is 1.40. The molecule has 0 aliphatic rings. The van der Waals surface area contributed by atoms with Crippen LogP contribution in [0.4, 0.5) is 0 Å². The summed E-state index contributed by atoms with van der Waals surface area (Å²) in [6.07, 6.45) is 2.10. The Labute approximate surface area is 44.8 Å². The Morgan fingerprint density at radius 2 is 1.80 bits per heavy atom. The quantitative estimate of drug-likeness (QED) is 0.493. The molecule has 0 aliphatic carbocycles. The first-order chi connectivity index (χ1) is 1.91. The normalized spacial score (nSPS) is 6.00. The van der Waals surface area contributed by atoms with Crippen molar-refractivity contribution in [3.05, 3.63) is 0 Å². The van der Waals surface area contributed by atoms with Crippen molar-refractivity contribution < 1.29 is 0 Å². The molecule has 0 radical (unpaired) electrons. The van der Waals surface area contributed by atoms with E-state index >= 15 is 0 Å². The zero-order chi connectivity index (χ0) is 3.41. The summed E-state index contributed by atoms with van der Waals surface area (Å²) in [5, 5.41) is 0. The number of thioether (sulfide) groups is 1. The van der Waals surface area contributed by atoms with Gasteiger partial charge in [0.15, 0.2) is 0 Å². The molecule has 0 aromatic rings. The summed E-state index contributed by atoms with van der Waals surface area (Å²) in [5.41, 5.74) is 0. The van der Waals surface area contributed by atoms with E-state index in [9.17, 15) is 0 Å². The van der Waals surface area contributed by atoms with E-state index < -0.39 is 0 Å². The van der Waals surface area contributed by atoms with Gasteiger partial charge in [-0.15, -0.1) is 0 Å². The smallest absolute Gasteiger partial charge is 0.00988 e. The Hall–Kier alpha value is 0.700. The molecule has 0 aromatic heterocycles. The molecule has 0 bridgehead atoms. The highest BCUT2D eigenvalue weighted by molar-refractivity contribution is 7.98. The number of hydrogen-bond acceptors (Lipinski definition) is 1. The average Bonchev–Trinajstić information content (AvgIpc) is 1.37. The molecule has 2 heteroatoms. The van der Waals surface area contributed by atoms with Crippen molar-refractivity contribution in [2.75, 3.05) is 12.0 Å². The van der Waals surface area contributed by atoms with Crippen molar-refractivity contribution in [1.82, 2.24) is 0 Å². The Kier molecular flexibility index (Phi) is 16.2. The van der Waals surface area contributed by atoms with Gasteiger partial charge in [0.2, 0.25) is 0 Å². The van der Waals surface area contributed by atoms with Crippen molar-refractivity contribution in [3.63, 3.8) is 0 Å². The van der Waals surface area contributed by atoms with E-state index in [-0.39, 0.29) is 13.5 Å². The van der Waals surface area contributed by atoms with Gasteiger partial charge in [-0.2, -0.15) is 25.3 Å². The van der Waals surface area contributed by atoms with Crippen LogP contribution in [-0.4, -0.2) is 12.0 Å². The monoisotopic (exact) mass is 110 g/mol. The van der Waals surface area contributed by atoms with E-state index in [0.717, 1.165) is 0 Å². The predicted octanol–water partition coefficient (Wildman–Crippen LogP) is 1.48. The fourth-order valence-electron chi connectivity index (χ4n) is 0. The summed E-state index contributed by atoms with van der Waals surface area (Å²) in [6.45, 7) is 2.14. The molecule has 0 heterocycles. The largest absolute Gasteiger partial charge is 0.197 e. The summed E-state index contributed by atoms with van der Waals surface area (Å²) in [4.78, 5) is 0. The summed E-state index contributed by atoms with van der Waals surface area (Å²) >= 11 is 1.86. The van der Waals surface area contributed by atoms with Crippen LogP contribution in [0.5, 0.6) is 0 Å². The van der Waals surface area contributed by atoms with E-state index in [2.05, 4.69) is 13.2 Å². The SMILES string of the molecule is CCSC.S. The highest BCUT2D eigenvalue weighted by Gasteiger charge is 1.55. The summed E-state index contributed by atoms with van der Waals surface area (Å²) in [5.74, 6) is 1.24. The zero-order valence-electron chi connectivity index (χ0n) is 3.62. The summed E-state index contributed by atoms with van der Waals surface area (Å²) < 4.78 is 0. The van der Waals surface area contributed by atoms with Crippen LogP contribution >= 0.6 is 25.3 Å². The molecule has 0 N–H and O–H groups in total. The Morgan fingerprint density at radius 1 is 1.60 bits per heavy atom. The van der Waals surface area contributed by atoms with Crippen LogP contribution in [0.15, 0.2) is 0 Å². The van der Waals surface area contributed by atoms with E-state index in [4.69, 9.17) is 0 Å². The second kappa shape index (κ2) is 8.83. The van der Waals surface area contributed by atoms with Crippen LogP contribution in [-0.2, 0) is 0 Å². The van der Waals surface area contributed by atoms with Gasteiger partial charge >= 0.3 is 0 Å². The minimum Gasteiger partial charge on any atom is -0.197 e. The zero-order valence-corrected chi connectivity index (χ0v) is 5.43. The average molecular weight is 110 g/mol. The molecule has 5 heavy (non-hydrogen) atoms. The third kappa shape index (κ3) is 11.9. The first-order valence-corrected chi connectivity index (χ1v) is 2.80. The van der Waals surface area contributed by atoms with Crippen LogP contribution in [0.2, 0.25) is 0 Å². The molecule has 0 unspecified atom stereocenters. The standard InChI is InChI=1S/C3H8S.H2S/c1-3-4-2;/h3H2,1-2H3;1H2. The van der Waals surface area contributed by atoms with Crippen molar-refractivity contribution in [2.24, 2.45) is 0 Å². The Balaban J connectivity index is 0. The molecule has 0 fully saturated rings. The van der Waals surface area contributed by atoms with Crippen molar-refractivity contribution in [1.29, 1.82) is 0 Å². The van der Waals surface area contributed by atoms with Gasteiger partial charge in [-0.3, -0.25) is 0 Å². The third-order valence-electron chi connectivity index (χ3n) is 0.289. The van der Waals surface area contributed by atoms with Gasteiger partial charge in [0.1, 0.15) is 0 Å². The molecular weight excluding hydrogens is 100 g/mol. The van der Waals surface area contributed by atoms with Gasteiger partial charge in [0.05, 0.1) is 0 Å². The lowest BCUT2D eigenvalue weighted by Gasteiger charge is -1.69. The van der Waals surface area contributed by atoms with Crippen molar-refractivity contribution in [3.8, 4) is 0 Å². The molecule has 0 saturated carbocycles. The number of hydrogen-bond donors (Lipinski definition) is 0. The predicted molar refractivity (Wildman–Crippen MR) is 34.4 cm³/mol. The highest BCUT2D eigenvalue weighted by Crippen LogP contribution is 1.83. The lowest BCUT2D eigenvalue weighted by atomic mass is 11.0. The second-order valence-corrected chi connectivity index (χ2v) is 1.73. The van der Waals surface area contributed by atoms with Crippen molar-refractivity contribution in [2.45, 2.75) is 6.92 Å². The van der Waals surface area contributed by atoms with Gasteiger partial charge in [-0.05, 0) is 12.0 Å². The molecule has 0 atom stereocenters. The van der Waals surface area contributed by atoms with Gasteiger partial charge in [-0.25, -0.2) is 0 Å². The van der Waals surface area contributed by atoms with Crippen molar-refractivity contribution >= 4 is 25.3 Å². The molecule has 0 spiro atoms. The molecule has 0 nitrogen and oxygen atoms in total. The van der Waals surface area contributed by atoms with E-state index in [0.29, 0.717) is 0 Å². The van der Waals surface area contributed by atoms with Crippen LogP contribution in [0.3, 0.4) is 0 Å². The van der Waals surface area contributed by atoms with E-state index in [1.807, 2.05) is 11.8 Å². The highest BCUT2D eigenvalue weighted by atomic mass is 32.2. The molecule has 0 saturated heterocycles. The van der Waals surface area contributed by atoms with Crippen LogP contribution in [0.1, 0.15) is 6.92 Å². The second-order valence-electron chi connectivity index (χ2n) is 0.577. The van der Waals surface area contributed by atoms with Gasteiger partial charge < -0.3 is 0 Å². The van der Waals surface area contributed by atoms with Gasteiger partial charge in [0, 0.05) is 0 Å². The van der Waals surface area contributed by atoms with E-state index in [1.165, 1.54) is 5.75 Å². The van der Waals surface area contributed by atoms with Crippen LogP contribution in [0.25, 0.3) is 0 Å². The minimum atomic E-state index is 0. The molecule has 0 rings (SSSR count). The molecule has 0 amide bonds. The first kappa shape index (κ1) is 9.20. The number of rotatable bonds is 1. The third-order valence-corrected chi connectivity index (χ3v) is 0.866. The fraction of sp³-hybridized carbons (Fsp3) is 1.00. The maximum absolute atomic E-state index is 2.14. The van der Waals surface area contributed by atoms with E-state index in [1.54, 1.807) is 0 Å². The van der Waals surface area contributed by atoms with Crippen LogP contribution in [0, 0.1) is 0 Å². The maximum Gasteiger partial charge on any atom is -0.00988 e. The topological polar surface area (TPSA) is 0 Å². The fourth-order valence-corrected chi connectivity index (χ4v) is 0. The maximum atomic E-state index is 2.14. The van der Waals surface area contributed by atoms with Gasteiger partial charge in [-0.1, -0.05) is 6.92 Å². The molecule has 34 valence electrons. The Morgan fingerprint density at radius 3 is 1.80 bits per heavy atom. The molecule has 0 aliphatic heterocycles. The van der Waals surface area contributed by atoms with Gasteiger partial charge in [0.25, 0.3) is 0 Å². The minimum absolute atomic E-state index is 0. The molecule has 0 aromatic carbocycles. The molecular formula is C3H10S2. The lowest BCUT2D eigenvalue weighted by molar-refractivity contribution is 1.53. The van der Waals surface area contributed by atoms with Crippen LogP contribution < -0.4 is 0 Å².